The van der Waals surface area contributed by atoms with Gasteiger partial charge in [-0.05, 0) is 23.6 Å². The van der Waals surface area contributed by atoms with E-state index in [0.717, 1.165) is 23.4 Å². The van der Waals surface area contributed by atoms with Crippen molar-refractivity contribution < 1.29 is 9.53 Å². The summed E-state index contributed by atoms with van der Waals surface area (Å²) in [6, 6.07) is 16.4. The molecule has 1 aliphatic heterocycles. The second kappa shape index (κ2) is 7.08. The molecule has 1 amide bonds. The molecule has 2 aromatic rings. The zero-order valence-electron chi connectivity index (χ0n) is 14.5. The first-order chi connectivity index (χ1) is 12.7. The van der Waals surface area contributed by atoms with Crippen LogP contribution in [-0.4, -0.2) is 18.5 Å². The van der Waals surface area contributed by atoms with Crippen molar-refractivity contribution in [1.82, 2.24) is 0 Å². The Morgan fingerprint density at radius 2 is 1.92 bits per heavy atom. The van der Waals surface area contributed by atoms with Crippen LogP contribution in [0.15, 0.2) is 72.8 Å². The molecular weight excluding hydrogens is 324 g/mol. The van der Waals surface area contributed by atoms with Gasteiger partial charge in [-0.15, -0.1) is 0 Å². The number of benzene rings is 2. The van der Waals surface area contributed by atoms with E-state index in [2.05, 4.69) is 35.3 Å². The largest absolute Gasteiger partial charge is 0.489 e. The second-order valence-electron chi connectivity index (χ2n) is 6.77. The molecule has 0 spiro atoms. The first kappa shape index (κ1) is 16.5. The number of ether oxygens (including phenoxy) is 1. The number of rotatable bonds is 5. The number of hydrogen-bond donors (Lipinski definition) is 1. The summed E-state index contributed by atoms with van der Waals surface area (Å²) in [5, 5.41) is 0. The number of carbonyl (C=O) groups excluding carboxylic acids is 1. The number of amides is 1. The van der Waals surface area contributed by atoms with Gasteiger partial charge in [-0.25, -0.2) is 0 Å². The standard InChI is InChI=1S/C22H22N2O2/c23-22(25)14-24-18-9-5-4-8-17(12-18)20-11-10-19(13-21(20)24)26-15-16-6-2-1-3-7-16/h1-11,13,17-18H,12,14-15H2,(H2,23,25). The van der Waals surface area contributed by atoms with Crippen molar-refractivity contribution in [2.45, 2.75) is 25.0 Å². The number of fused-ring (bicyclic) bond motifs is 4. The first-order valence-electron chi connectivity index (χ1n) is 8.91. The summed E-state index contributed by atoms with van der Waals surface area (Å²) in [6.45, 7) is 0.721. The minimum atomic E-state index is -0.324. The molecule has 132 valence electrons. The van der Waals surface area contributed by atoms with Crippen LogP contribution in [0.25, 0.3) is 0 Å². The van der Waals surface area contributed by atoms with Gasteiger partial charge in [0.2, 0.25) is 5.91 Å². The number of primary amides is 1. The summed E-state index contributed by atoms with van der Waals surface area (Å²) in [5.74, 6) is 0.821. The van der Waals surface area contributed by atoms with Gasteiger partial charge in [0.15, 0.2) is 0 Å². The molecule has 4 nitrogen and oxygen atoms in total. The van der Waals surface area contributed by atoms with Crippen molar-refractivity contribution in [1.29, 1.82) is 0 Å². The Kier molecular flexibility index (Phi) is 4.48. The van der Waals surface area contributed by atoms with Crippen molar-refractivity contribution in [3.05, 3.63) is 84.0 Å². The van der Waals surface area contributed by atoms with E-state index in [9.17, 15) is 4.79 Å². The van der Waals surface area contributed by atoms with Gasteiger partial charge in [0.25, 0.3) is 0 Å². The fourth-order valence-corrected chi connectivity index (χ4v) is 3.74. The molecule has 2 unspecified atom stereocenters. The monoisotopic (exact) mass is 346 g/mol. The Morgan fingerprint density at radius 1 is 1.12 bits per heavy atom. The molecule has 2 aromatic carbocycles. The SMILES string of the molecule is NC(=O)CN1c2cc(OCc3ccccc3)ccc2C2C=CC=CC1C2. The highest BCUT2D eigenvalue weighted by Crippen LogP contribution is 2.42. The van der Waals surface area contributed by atoms with Crippen LogP contribution < -0.4 is 15.4 Å². The van der Waals surface area contributed by atoms with Crippen LogP contribution in [0.3, 0.4) is 0 Å². The van der Waals surface area contributed by atoms with Gasteiger partial charge in [0.1, 0.15) is 12.4 Å². The molecule has 2 bridgehead atoms. The molecular formula is C22H22N2O2. The highest BCUT2D eigenvalue weighted by molar-refractivity contribution is 5.81. The average Bonchev–Trinajstić information content (AvgIpc) is 2.88. The van der Waals surface area contributed by atoms with Gasteiger partial charge < -0.3 is 15.4 Å². The van der Waals surface area contributed by atoms with Crippen molar-refractivity contribution in [3.8, 4) is 5.75 Å². The van der Waals surface area contributed by atoms with E-state index in [4.69, 9.17) is 10.5 Å². The molecule has 4 rings (SSSR count). The van der Waals surface area contributed by atoms with E-state index in [-0.39, 0.29) is 18.5 Å². The number of nitrogens with two attached hydrogens (primary N) is 1. The third-order valence-electron chi connectivity index (χ3n) is 4.97. The minimum absolute atomic E-state index is 0.166. The number of carbonyl (C=O) groups is 1. The van der Waals surface area contributed by atoms with Crippen LogP contribution in [0.1, 0.15) is 23.5 Å². The summed E-state index contributed by atoms with van der Waals surface area (Å²) in [6.07, 6.45) is 9.46. The highest BCUT2D eigenvalue weighted by atomic mass is 16.5. The molecule has 2 atom stereocenters. The molecule has 0 aromatic heterocycles. The molecule has 1 aliphatic carbocycles. The molecule has 2 N–H and O–H groups in total. The zero-order chi connectivity index (χ0) is 17.9. The van der Waals surface area contributed by atoms with Crippen molar-refractivity contribution in [3.63, 3.8) is 0 Å². The van der Waals surface area contributed by atoms with Gasteiger partial charge in [-0.1, -0.05) is 60.7 Å². The van der Waals surface area contributed by atoms with Crippen LogP contribution >= 0.6 is 0 Å². The normalized spacial score (nSPS) is 20.4. The topological polar surface area (TPSA) is 55.6 Å². The summed E-state index contributed by atoms with van der Waals surface area (Å²) in [7, 11) is 0. The molecule has 0 fully saturated rings. The Labute approximate surface area is 153 Å². The summed E-state index contributed by atoms with van der Waals surface area (Å²) in [4.78, 5) is 13.7. The number of nitrogens with zero attached hydrogens (tertiary/aromatic N) is 1. The predicted molar refractivity (Wildman–Crippen MR) is 103 cm³/mol. The smallest absolute Gasteiger partial charge is 0.236 e. The van der Waals surface area contributed by atoms with Crippen LogP contribution in [0.4, 0.5) is 5.69 Å². The summed E-state index contributed by atoms with van der Waals surface area (Å²) in [5.41, 5.74) is 8.89. The maximum atomic E-state index is 11.6. The van der Waals surface area contributed by atoms with Gasteiger partial charge in [-0.2, -0.15) is 0 Å². The fraction of sp³-hybridized carbons (Fsp3) is 0.227. The van der Waals surface area contributed by atoms with E-state index in [1.54, 1.807) is 0 Å². The van der Waals surface area contributed by atoms with Crippen molar-refractivity contribution in [2.75, 3.05) is 11.4 Å². The zero-order valence-corrected chi connectivity index (χ0v) is 14.5. The molecule has 0 saturated carbocycles. The predicted octanol–water partition coefficient (Wildman–Crippen LogP) is 3.54. The highest BCUT2D eigenvalue weighted by Gasteiger charge is 2.31. The Hall–Kier alpha value is -3.01. The van der Waals surface area contributed by atoms with Gasteiger partial charge >= 0.3 is 0 Å². The number of hydrogen-bond acceptors (Lipinski definition) is 3. The summed E-state index contributed by atoms with van der Waals surface area (Å²) >= 11 is 0. The van der Waals surface area contributed by atoms with Crippen molar-refractivity contribution >= 4 is 11.6 Å². The van der Waals surface area contributed by atoms with Gasteiger partial charge in [-0.3, -0.25) is 4.79 Å². The maximum absolute atomic E-state index is 11.6. The fourth-order valence-electron chi connectivity index (χ4n) is 3.74. The van der Waals surface area contributed by atoms with Crippen LogP contribution in [0.5, 0.6) is 5.75 Å². The van der Waals surface area contributed by atoms with Crippen LogP contribution in [0.2, 0.25) is 0 Å². The van der Waals surface area contributed by atoms with Crippen molar-refractivity contribution in [2.24, 2.45) is 5.73 Å². The lowest BCUT2D eigenvalue weighted by molar-refractivity contribution is -0.116. The van der Waals surface area contributed by atoms with E-state index >= 15 is 0 Å². The molecule has 26 heavy (non-hydrogen) atoms. The molecule has 0 radical (unpaired) electrons. The van der Waals surface area contributed by atoms with E-state index in [1.165, 1.54) is 5.56 Å². The number of allylic oxidation sites excluding steroid dienone is 3. The van der Waals surface area contributed by atoms with E-state index in [1.807, 2.05) is 42.5 Å². The molecule has 1 heterocycles. The maximum Gasteiger partial charge on any atom is 0.236 e. The lowest BCUT2D eigenvalue weighted by Gasteiger charge is -2.39. The Balaban J connectivity index is 1.64. The van der Waals surface area contributed by atoms with Gasteiger partial charge in [0, 0.05) is 23.7 Å². The van der Waals surface area contributed by atoms with Crippen LogP contribution in [-0.2, 0) is 11.4 Å². The average molecular weight is 346 g/mol. The Morgan fingerprint density at radius 3 is 2.73 bits per heavy atom. The lowest BCUT2D eigenvalue weighted by atomic mass is 9.86. The minimum Gasteiger partial charge on any atom is -0.489 e. The van der Waals surface area contributed by atoms with E-state index < -0.39 is 0 Å². The second-order valence-corrected chi connectivity index (χ2v) is 6.77. The number of anilines is 1. The lowest BCUT2D eigenvalue weighted by Crippen LogP contribution is -2.44. The van der Waals surface area contributed by atoms with Gasteiger partial charge in [0.05, 0.1) is 6.54 Å². The van der Waals surface area contributed by atoms with E-state index in [0.29, 0.717) is 12.5 Å². The third-order valence-corrected chi connectivity index (χ3v) is 4.97. The van der Waals surface area contributed by atoms with Crippen LogP contribution in [0, 0.1) is 0 Å². The Bertz CT molecular complexity index is 858. The molecule has 4 heteroatoms. The quantitative estimate of drug-likeness (QED) is 0.901. The molecule has 0 saturated heterocycles. The third kappa shape index (κ3) is 3.36. The first-order valence-corrected chi connectivity index (χ1v) is 8.91. The molecule has 2 aliphatic rings. The summed E-state index contributed by atoms with van der Waals surface area (Å²) < 4.78 is 5.99.